The highest BCUT2D eigenvalue weighted by atomic mass is 35.5. The Morgan fingerprint density at radius 3 is 2.67 bits per heavy atom. The first-order chi connectivity index (χ1) is 15.9. The van der Waals surface area contributed by atoms with Crippen molar-refractivity contribution in [1.82, 2.24) is 9.97 Å². The lowest BCUT2D eigenvalue weighted by Gasteiger charge is -2.28. The lowest BCUT2D eigenvalue weighted by atomic mass is 10.1. The van der Waals surface area contributed by atoms with E-state index >= 15 is 0 Å². The largest absolute Gasteiger partial charge is 0.360 e. The fourth-order valence-corrected chi connectivity index (χ4v) is 5.81. The van der Waals surface area contributed by atoms with Crippen LogP contribution in [0.15, 0.2) is 67.0 Å². The number of sulfonamides is 1. The van der Waals surface area contributed by atoms with E-state index in [9.17, 15) is 13.2 Å². The molecule has 1 aliphatic rings. The number of carbonyl (C=O) groups excluding carboxylic acids is 1. The minimum Gasteiger partial charge on any atom is -0.360 e. The molecule has 1 fully saturated rings. The third-order valence-corrected chi connectivity index (χ3v) is 7.90. The van der Waals surface area contributed by atoms with Crippen molar-refractivity contribution in [3.05, 3.63) is 77.6 Å². The molecule has 33 heavy (non-hydrogen) atoms. The number of aromatic nitrogens is 2. The van der Waals surface area contributed by atoms with E-state index < -0.39 is 10.0 Å². The molecule has 0 atom stereocenters. The highest BCUT2D eigenvalue weighted by molar-refractivity contribution is 7.92. The summed E-state index contributed by atoms with van der Waals surface area (Å²) in [6.07, 6.45) is 5.10. The van der Waals surface area contributed by atoms with Crippen molar-refractivity contribution in [2.24, 2.45) is 0 Å². The van der Waals surface area contributed by atoms with Crippen molar-refractivity contribution >= 4 is 49.8 Å². The van der Waals surface area contributed by atoms with Gasteiger partial charge in [0.25, 0.3) is 5.91 Å². The molecule has 5 rings (SSSR count). The number of anilines is 2. The van der Waals surface area contributed by atoms with Gasteiger partial charge >= 0.3 is 0 Å². The Labute approximate surface area is 196 Å². The molecule has 0 unspecified atom stereocenters. The first-order valence-electron chi connectivity index (χ1n) is 10.6. The van der Waals surface area contributed by atoms with Crippen molar-refractivity contribution in [2.45, 2.75) is 12.8 Å². The zero-order chi connectivity index (χ0) is 23.0. The summed E-state index contributed by atoms with van der Waals surface area (Å²) in [6.45, 7) is 0.462. The van der Waals surface area contributed by atoms with Gasteiger partial charge in [-0.2, -0.15) is 0 Å². The zero-order valence-electron chi connectivity index (χ0n) is 17.6. The Balaban J connectivity index is 1.36. The molecule has 7 nitrogen and oxygen atoms in total. The number of halogens is 1. The molecule has 2 N–H and O–H groups in total. The Morgan fingerprint density at radius 1 is 1.06 bits per heavy atom. The quantitative estimate of drug-likeness (QED) is 0.426. The summed E-state index contributed by atoms with van der Waals surface area (Å²) in [6, 6.07) is 15.7. The van der Waals surface area contributed by atoms with Gasteiger partial charge in [-0.25, -0.2) is 8.42 Å². The van der Waals surface area contributed by atoms with E-state index in [1.54, 1.807) is 48.7 Å². The molecule has 0 saturated carbocycles. The maximum atomic E-state index is 12.8. The van der Waals surface area contributed by atoms with Crippen LogP contribution >= 0.6 is 11.6 Å². The summed E-state index contributed by atoms with van der Waals surface area (Å²) < 4.78 is 26.0. The topological polar surface area (TPSA) is 95.2 Å². The molecule has 0 radical (unpaired) electrons. The molecular weight excluding hydrogens is 460 g/mol. The molecule has 1 saturated heterocycles. The minimum absolute atomic E-state index is 0.153. The van der Waals surface area contributed by atoms with E-state index in [0.717, 1.165) is 17.3 Å². The molecule has 4 aromatic rings. The zero-order valence-corrected chi connectivity index (χ0v) is 19.2. The number of H-pyrrole nitrogens is 1. The monoisotopic (exact) mass is 480 g/mol. The molecule has 2 aromatic heterocycles. The molecule has 1 amide bonds. The van der Waals surface area contributed by atoms with Crippen molar-refractivity contribution in [2.75, 3.05) is 21.9 Å². The second kappa shape index (κ2) is 8.53. The number of hydrogen-bond acceptors (Lipinski definition) is 4. The summed E-state index contributed by atoms with van der Waals surface area (Å²) >= 11 is 6.41. The van der Waals surface area contributed by atoms with Crippen LogP contribution in [0.2, 0.25) is 5.02 Å². The molecule has 0 aliphatic carbocycles. The standard InChI is InChI=1S/C24H21ClN4O3S/c25-21-8-5-18(14-20(21)22-13-17-9-10-26-23(17)15-27-22)28-24(30)16-3-6-19(7-4-16)29-11-1-2-12-33(29,31)32/h3-10,13-15,26H,1-2,11-12H2,(H,28,30). The molecule has 0 spiro atoms. The van der Waals surface area contributed by atoms with Crippen LogP contribution in [0.1, 0.15) is 23.2 Å². The Morgan fingerprint density at radius 2 is 1.88 bits per heavy atom. The van der Waals surface area contributed by atoms with Crippen LogP contribution in [-0.2, 0) is 10.0 Å². The number of benzene rings is 2. The molecule has 0 bridgehead atoms. The summed E-state index contributed by atoms with van der Waals surface area (Å²) in [5, 5.41) is 4.42. The highest BCUT2D eigenvalue weighted by Gasteiger charge is 2.26. The molecule has 9 heteroatoms. The fourth-order valence-electron chi connectivity index (χ4n) is 3.96. The molecule has 2 aromatic carbocycles. The van der Waals surface area contributed by atoms with Gasteiger partial charge in [0.15, 0.2) is 0 Å². The van der Waals surface area contributed by atoms with Crippen molar-refractivity contribution < 1.29 is 13.2 Å². The number of amides is 1. The number of aromatic amines is 1. The van der Waals surface area contributed by atoms with Gasteiger partial charge in [0.2, 0.25) is 10.0 Å². The van der Waals surface area contributed by atoms with E-state index in [1.807, 2.05) is 18.3 Å². The van der Waals surface area contributed by atoms with E-state index in [2.05, 4.69) is 15.3 Å². The number of carbonyl (C=O) groups is 1. The van der Waals surface area contributed by atoms with Gasteiger partial charge in [-0.3, -0.25) is 14.1 Å². The highest BCUT2D eigenvalue weighted by Crippen LogP contribution is 2.31. The van der Waals surface area contributed by atoms with Crippen LogP contribution in [0.25, 0.3) is 22.2 Å². The van der Waals surface area contributed by atoms with Crippen molar-refractivity contribution in [3.8, 4) is 11.3 Å². The molecule has 168 valence electrons. The van der Waals surface area contributed by atoms with Gasteiger partial charge in [0.05, 0.1) is 33.9 Å². The summed E-state index contributed by atoms with van der Waals surface area (Å²) in [5.41, 5.74) is 3.93. The Bertz CT molecular complexity index is 1450. The summed E-state index contributed by atoms with van der Waals surface area (Å²) in [4.78, 5) is 20.4. The molecule has 3 heterocycles. The predicted octanol–water partition coefficient (Wildman–Crippen LogP) is 5.07. The average Bonchev–Trinajstić information content (AvgIpc) is 3.28. The normalized spacial score (nSPS) is 15.5. The SMILES string of the molecule is O=C(Nc1ccc(Cl)c(-c2cc3cc[nH]c3cn2)c1)c1ccc(N2CCCCS2(=O)=O)cc1. The van der Waals surface area contributed by atoms with Crippen LogP contribution in [-0.4, -0.2) is 36.6 Å². The van der Waals surface area contributed by atoms with Gasteiger partial charge in [-0.1, -0.05) is 11.6 Å². The molecular formula is C24H21ClN4O3S. The van der Waals surface area contributed by atoms with Gasteiger partial charge in [0.1, 0.15) is 0 Å². The number of nitrogens with one attached hydrogen (secondary N) is 2. The third kappa shape index (κ3) is 4.31. The summed E-state index contributed by atoms with van der Waals surface area (Å²) in [7, 11) is -3.29. The predicted molar refractivity (Wildman–Crippen MR) is 131 cm³/mol. The van der Waals surface area contributed by atoms with Gasteiger partial charge in [-0.05, 0) is 67.4 Å². The van der Waals surface area contributed by atoms with E-state index in [0.29, 0.717) is 46.2 Å². The average molecular weight is 481 g/mol. The van der Waals surface area contributed by atoms with Crippen LogP contribution in [0, 0.1) is 0 Å². The second-order valence-corrected chi connectivity index (χ2v) is 10.3. The second-order valence-electron chi connectivity index (χ2n) is 7.93. The van der Waals surface area contributed by atoms with E-state index in [-0.39, 0.29) is 11.7 Å². The third-order valence-electron chi connectivity index (χ3n) is 5.70. The maximum absolute atomic E-state index is 12.8. The van der Waals surface area contributed by atoms with Crippen molar-refractivity contribution in [1.29, 1.82) is 0 Å². The van der Waals surface area contributed by atoms with Gasteiger partial charge in [0, 0.05) is 34.9 Å². The number of fused-ring (bicyclic) bond motifs is 1. The maximum Gasteiger partial charge on any atom is 0.255 e. The first-order valence-corrected chi connectivity index (χ1v) is 12.5. The lowest BCUT2D eigenvalue weighted by Crippen LogP contribution is -2.37. The van der Waals surface area contributed by atoms with Gasteiger partial charge in [-0.15, -0.1) is 0 Å². The number of rotatable bonds is 4. The smallest absolute Gasteiger partial charge is 0.255 e. The van der Waals surface area contributed by atoms with E-state index in [4.69, 9.17) is 11.6 Å². The van der Waals surface area contributed by atoms with Crippen LogP contribution in [0.4, 0.5) is 11.4 Å². The molecule has 1 aliphatic heterocycles. The Kier molecular flexibility index (Phi) is 5.55. The van der Waals surface area contributed by atoms with Crippen molar-refractivity contribution in [3.63, 3.8) is 0 Å². The minimum atomic E-state index is -3.29. The van der Waals surface area contributed by atoms with Crippen LogP contribution in [0.5, 0.6) is 0 Å². The number of hydrogen-bond donors (Lipinski definition) is 2. The fraction of sp³-hybridized carbons (Fsp3) is 0.167. The van der Waals surface area contributed by atoms with Gasteiger partial charge < -0.3 is 10.3 Å². The summed E-state index contributed by atoms with van der Waals surface area (Å²) in [5.74, 6) is -0.148. The van der Waals surface area contributed by atoms with Crippen LogP contribution < -0.4 is 9.62 Å². The van der Waals surface area contributed by atoms with E-state index in [1.165, 1.54) is 4.31 Å². The Hall–Kier alpha value is -3.36. The van der Waals surface area contributed by atoms with Crippen LogP contribution in [0.3, 0.4) is 0 Å². The first kappa shape index (κ1) is 21.5. The lowest BCUT2D eigenvalue weighted by molar-refractivity contribution is 0.102. The number of nitrogens with zero attached hydrogens (tertiary/aromatic N) is 2. The number of pyridine rings is 1.